The summed E-state index contributed by atoms with van der Waals surface area (Å²) in [5.74, 6) is 0.476. The van der Waals surface area contributed by atoms with Gasteiger partial charge in [0.2, 0.25) is 0 Å². The van der Waals surface area contributed by atoms with Gasteiger partial charge < -0.3 is 5.32 Å². The molecule has 1 fully saturated rings. The Morgan fingerprint density at radius 1 is 1.27 bits per heavy atom. The van der Waals surface area contributed by atoms with Gasteiger partial charge >= 0.3 is 0 Å². The Bertz CT molecular complexity index is 195. The van der Waals surface area contributed by atoms with Gasteiger partial charge in [0, 0.05) is 18.4 Å². The van der Waals surface area contributed by atoms with E-state index in [4.69, 9.17) is 0 Å². The first kappa shape index (κ1) is 12.7. The van der Waals surface area contributed by atoms with Crippen LogP contribution in [-0.4, -0.2) is 18.9 Å². The Morgan fingerprint density at radius 2 is 2.00 bits per heavy atom. The molecule has 0 spiro atoms. The molecule has 1 rings (SSSR count). The molecule has 0 aromatic carbocycles. The summed E-state index contributed by atoms with van der Waals surface area (Å²) in [5.41, 5.74) is -0.0508. The molecule has 1 atom stereocenters. The summed E-state index contributed by atoms with van der Waals surface area (Å²) in [5, 5.41) is 3.28. The summed E-state index contributed by atoms with van der Waals surface area (Å²) >= 11 is 0. The van der Waals surface area contributed by atoms with Crippen molar-refractivity contribution in [1.29, 1.82) is 0 Å². The lowest BCUT2D eigenvalue weighted by molar-refractivity contribution is -0.127. The summed E-state index contributed by atoms with van der Waals surface area (Å²) in [6.45, 7) is 6.23. The van der Waals surface area contributed by atoms with E-state index in [1.54, 1.807) is 0 Å². The van der Waals surface area contributed by atoms with Crippen LogP contribution >= 0.6 is 0 Å². The van der Waals surface area contributed by atoms with Crippen LogP contribution in [0.25, 0.3) is 0 Å². The third-order valence-corrected chi connectivity index (χ3v) is 3.55. The van der Waals surface area contributed by atoms with E-state index in [2.05, 4.69) is 19.2 Å². The van der Waals surface area contributed by atoms with Crippen LogP contribution < -0.4 is 5.32 Å². The van der Waals surface area contributed by atoms with Crippen LogP contribution in [0.1, 0.15) is 58.8 Å². The molecule has 1 unspecified atom stereocenters. The molecule has 88 valence electrons. The van der Waals surface area contributed by atoms with E-state index < -0.39 is 0 Å². The topological polar surface area (TPSA) is 29.1 Å². The Labute approximate surface area is 93.8 Å². The second-order valence-electron chi connectivity index (χ2n) is 5.07. The molecule has 1 N–H and O–H groups in total. The van der Waals surface area contributed by atoms with Crippen LogP contribution in [0.5, 0.6) is 0 Å². The maximum atomic E-state index is 12.0. The molecule has 0 aliphatic carbocycles. The van der Waals surface area contributed by atoms with Crippen molar-refractivity contribution in [3.8, 4) is 0 Å². The number of unbranched alkanes of at least 4 members (excludes halogenated alkanes) is 4. The Hall–Kier alpha value is -0.370. The van der Waals surface area contributed by atoms with Crippen LogP contribution in [0.15, 0.2) is 0 Å². The fraction of sp³-hybridized carbons (Fsp3) is 0.923. The zero-order valence-corrected chi connectivity index (χ0v) is 10.3. The average molecular weight is 211 g/mol. The molecule has 1 heterocycles. The lowest BCUT2D eigenvalue weighted by Crippen LogP contribution is -2.29. The van der Waals surface area contributed by atoms with Crippen LogP contribution in [0, 0.1) is 5.41 Å². The number of ketones is 1. The second kappa shape index (κ2) is 6.26. The highest BCUT2D eigenvalue weighted by Gasteiger charge is 2.34. The molecule has 0 aromatic heterocycles. The molecule has 0 saturated carbocycles. The van der Waals surface area contributed by atoms with Gasteiger partial charge in [-0.1, -0.05) is 39.5 Å². The van der Waals surface area contributed by atoms with Gasteiger partial charge in [0.15, 0.2) is 0 Å². The lowest BCUT2D eigenvalue weighted by Gasteiger charge is -2.20. The van der Waals surface area contributed by atoms with Crippen LogP contribution in [0.3, 0.4) is 0 Å². The van der Waals surface area contributed by atoms with Gasteiger partial charge in [0.25, 0.3) is 0 Å². The largest absolute Gasteiger partial charge is 0.316 e. The van der Waals surface area contributed by atoms with Crippen molar-refractivity contribution < 1.29 is 4.79 Å². The molecule has 0 aromatic rings. The first-order chi connectivity index (χ1) is 7.19. The van der Waals surface area contributed by atoms with Gasteiger partial charge in [-0.3, -0.25) is 4.79 Å². The maximum Gasteiger partial charge on any atom is 0.140 e. The minimum atomic E-state index is -0.0508. The molecule has 2 nitrogen and oxygen atoms in total. The summed E-state index contributed by atoms with van der Waals surface area (Å²) in [7, 11) is 0. The number of carbonyl (C=O) groups excluding carboxylic acids is 1. The zero-order chi connectivity index (χ0) is 11.1. The molecular weight excluding hydrogens is 186 g/mol. The molecule has 0 amide bonds. The number of carbonyl (C=O) groups is 1. The second-order valence-corrected chi connectivity index (χ2v) is 5.07. The van der Waals surface area contributed by atoms with Crippen molar-refractivity contribution in [3.05, 3.63) is 0 Å². The zero-order valence-electron chi connectivity index (χ0n) is 10.3. The normalized spacial score (nSPS) is 25.7. The van der Waals surface area contributed by atoms with Gasteiger partial charge in [0.1, 0.15) is 5.78 Å². The number of Topliss-reactive ketones (excluding diaryl/α,β-unsaturated/α-hetero) is 1. The Balaban J connectivity index is 2.12. The number of hydrogen-bond acceptors (Lipinski definition) is 2. The van der Waals surface area contributed by atoms with Crippen molar-refractivity contribution >= 4 is 5.78 Å². The Kier molecular flexibility index (Phi) is 5.30. The number of nitrogens with one attached hydrogen (secondary N) is 1. The van der Waals surface area contributed by atoms with Crippen molar-refractivity contribution in [2.75, 3.05) is 13.1 Å². The first-order valence-electron chi connectivity index (χ1n) is 6.43. The van der Waals surface area contributed by atoms with E-state index in [0.29, 0.717) is 5.78 Å². The summed E-state index contributed by atoms with van der Waals surface area (Å²) < 4.78 is 0. The van der Waals surface area contributed by atoms with Gasteiger partial charge in [-0.15, -0.1) is 0 Å². The highest BCUT2D eigenvalue weighted by atomic mass is 16.1. The molecule has 1 aliphatic heterocycles. The standard InChI is InChI=1S/C13H25NO/c1-3-4-5-6-7-8-12(15)13(2)9-10-14-11-13/h14H,3-11H2,1-2H3. The van der Waals surface area contributed by atoms with E-state index in [-0.39, 0.29) is 5.41 Å². The van der Waals surface area contributed by atoms with E-state index in [0.717, 1.165) is 32.4 Å². The van der Waals surface area contributed by atoms with Crippen molar-refractivity contribution in [1.82, 2.24) is 5.32 Å². The third kappa shape index (κ3) is 3.94. The minimum Gasteiger partial charge on any atom is -0.316 e. The predicted molar refractivity (Wildman–Crippen MR) is 64.0 cm³/mol. The fourth-order valence-corrected chi connectivity index (χ4v) is 2.25. The van der Waals surface area contributed by atoms with E-state index in [1.807, 2.05) is 0 Å². The van der Waals surface area contributed by atoms with E-state index in [1.165, 1.54) is 25.7 Å². The van der Waals surface area contributed by atoms with Gasteiger partial charge in [-0.2, -0.15) is 0 Å². The minimum absolute atomic E-state index is 0.0508. The monoisotopic (exact) mass is 211 g/mol. The Morgan fingerprint density at radius 3 is 2.60 bits per heavy atom. The highest BCUT2D eigenvalue weighted by Crippen LogP contribution is 2.27. The maximum absolute atomic E-state index is 12.0. The van der Waals surface area contributed by atoms with Crippen LogP contribution in [0.2, 0.25) is 0 Å². The van der Waals surface area contributed by atoms with Crippen molar-refractivity contribution in [2.45, 2.75) is 58.8 Å². The molecule has 1 saturated heterocycles. The summed E-state index contributed by atoms with van der Waals surface area (Å²) in [6.07, 6.45) is 8.02. The lowest BCUT2D eigenvalue weighted by atomic mass is 9.82. The quantitative estimate of drug-likeness (QED) is 0.656. The fourth-order valence-electron chi connectivity index (χ4n) is 2.25. The number of hydrogen-bond donors (Lipinski definition) is 1. The predicted octanol–water partition coefficient (Wildman–Crippen LogP) is 2.92. The molecule has 1 aliphatic rings. The molecular formula is C13H25NO. The van der Waals surface area contributed by atoms with Crippen molar-refractivity contribution in [2.24, 2.45) is 5.41 Å². The van der Waals surface area contributed by atoms with E-state index in [9.17, 15) is 4.79 Å². The van der Waals surface area contributed by atoms with Gasteiger partial charge in [0.05, 0.1) is 0 Å². The van der Waals surface area contributed by atoms with E-state index >= 15 is 0 Å². The SMILES string of the molecule is CCCCCCCC(=O)C1(C)CCNC1. The average Bonchev–Trinajstić information content (AvgIpc) is 2.66. The van der Waals surface area contributed by atoms with Gasteiger partial charge in [-0.25, -0.2) is 0 Å². The first-order valence-corrected chi connectivity index (χ1v) is 6.43. The summed E-state index contributed by atoms with van der Waals surface area (Å²) in [6, 6.07) is 0. The molecule has 15 heavy (non-hydrogen) atoms. The smallest absolute Gasteiger partial charge is 0.140 e. The molecule has 0 bridgehead atoms. The van der Waals surface area contributed by atoms with Crippen molar-refractivity contribution in [3.63, 3.8) is 0 Å². The van der Waals surface area contributed by atoms with Gasteiger partial charge in [-0.05, 0) is 19.4 Å². The summed E-state index contributed by atoms with van der Waals surface area (Å²) in [4.78, 5) is 12.0. The highest BCUT2D eigenvalue weighted by molar-refractivity contribution is 5.85. The van der Waals surface area contributed by atoms with Crippen LogP contribution in [-0.2, 0) is 4.79 Å². The number of rotatable bonds is 7. The van der Waals surface area contributed by atoms with Crippen LogP contribution in [0.4, 0.5) is 0 Å². The molecule has 2 heteroatoms. The third-order valence-electron chi connectivity index (χ3n) is 3.55. The molecule has 0 radical (unpaired) electrons.